The van der Waals surface area contributed by atoms with Crippen molar-refractivity contribution >= 4 is 42.5 Å². The van der Waals surface area contributed by atoms with Crippen LogP contribution in [0.3, 0.4) is 0 Å². The Hall–Kier alpha value is -3.22. The van der Waals surface area contributed by atoms with Gasteiger partial charge < -0.3 is 29.6 Å². The van der Waals surface area contributed by atoms with Crippen molar-refractivity contribution in [2.75, 3.05) is 6.61 Å². The highest BCUT2D eigenvalue weighted by molar-refractivity contribution is 7.24. The van der Waals surface area contributed by atoms with E-state index >= 15 is 0 Å². The lowest BCUT2D eigenvalue weighted by atomic mass is 10.0. The van der Waals surface area contributed by atoms with E-state index in [1.54, 1.807) is 0 Å². The summed E-state index contributed by atoms with van der Waals surface area (Å²) >= 11 is 0. The number of aliphatic hydroxyl groups is 4. The highest BCUT2D eigenvalue weighted by atomic mass is 28.4. The second-order valence-corrected chi connectivity index (χ2v) is 23.0. The fraction of sp³-hybridized carbons (Fsp3) is 0.342. The number of benzene rings is 4. The van der Waals surface area contributed by atoms with E-state index in [1.165, 1.54) is 0 Å². The van der Waals surface area contributed by atoms with Gasteiger partial charge >= 0.3 is 0 Å². The minimum atomic E-state index is -3.49. The molecule has 0 bridgehead atoms. The summed E-state index contributed by atoms with van der Waals surface area (Å²) in [6.07, 6.45) is -7.34. The maximum Gasteiger partial charge on any atom is 0.261 e. The molecule has 0 spiro atoms. The molecule has 0 radical (unpaired) electrons. The van der Waals surface area contributed by atoms with Crippen molar-refractivity contribution in [2.24, 2.45) is 0 Å². The van der Waals surface area contributed by atoms with Crippen molar-refractivity contribution in [2.45, 2.75) is 76.0 Å². The number of rotatable bonds is 12. The van der Waals surface area contributed by atoms with Gasteiger partial charge in [-0.05, 0) is 30.8 Å². The number of carbonyl (C=O) groups excluding carboxylic acids is 1. The first kappa shape index (κ1) is 35.6. The first-order chi connectivity index (χ1) is 21.7. The second-order valence-electron chi connectivity index (χ2n) is 14.1. The normalized spacial score (nSPS) is 15.5. The van der Waals surface area contributed by atoms with Gasteiger partial charge in [0.15, 0.2) is 5.41 Å². The van der Waals surface area contributed by atoms with E-state index in [1.807, 2.05) is 142 Å². The molecule has 4 aromatic carbocycles. The average Bonchev–Trinajstić information content (AvgIpc) is 3.05. The predicted octanol–water partition coefficient (Wildman–Crippen LogP) is 3.18. The van der Waals surface area contributed by atoms with Gasteiger partial charge in [0.05, 0.1) is 6.61 Å². The Bertz CT molecular complexity index is 1460. The fourth-order valence-corrected chi connectivity index (χ4v) is 16.9. The van der Waals surface area contributed by atoms with Crippen LogP contribution in [-0.2, 0) is 9.22 Å². The van der Waals surface area contributed by atoms with Crippen molar-refractivity contribution in [1.29, 1.82) is 0 Å². The molecule has 0 aliphatic rings. The second kappa shape index (κ2) is 14.3. The third kappa shape index (κ3) is 6.61. The lowest BCUT2D eigenvalue weighted by Crippen LogP contribution is -2.73. The molecule has 8 heteroatoms. The third-order valence-corrected chi connectivity index (χ3v) is 19.8. The van der Waals surface area contributed by atoms with Gasteiger partial charge in [0.1, 0.15) is 24.4 Å². The summed E-state index contributed by atoms with van der Waals surface area (Å²) in [7, 11) is -6.55. The lowest BCUT2D eigenvalue weighted by molar-refractivity contribution is -0.140. The Balaban J connectivity index is 1.68. The molecule has 0 aromatic heterocycles. The fourth-order valence-electron chi connectivity index (χ4n) is 6.92. The van der Waals surface area contributed by atoms with Gasteiger partial charge in [-0.1, -0.05) is 163 Å². The Morgan fingerprint density at radius 1 is 0.565 bits per heavy atom. The van der Waals surface area contributed by atoms with E-state index in [0.717, 1.165) is 20.7 Å². The van der Waals surface area contributed by atoms with Crippen LogP contribution in [0.2, 0.25) is 10.1 Å². The van der Waals surface area contributed by atoms with Gasteiger partial charge in [-0.15, -0.1) is 0 Å². The van der Waals surface area contributed by atoms with Gasteiger partial charge in [0.25, 0.3) is 8.32 Å². The third-order valence-electron chi connectivity index (χ3n) is 9.13. The van der Waals surface area contributed by atoms with Gasteiger partial charge in [-0.3, -0.25) is 0 Å². The summed E-state index contributed by atoms with van der Waals surface area (Å²) in [4.78, 5) is 14.6. The molecule has 4 aromatic rings. The Morgan fingerprint density at radius 2 is 0.913 bits per heavy atom. The molecule has 0 unspecified atom stereocenters. The van der Waals surface area contributed by atoms with E-state index in [2.05, 4.69) is 20.8 Å². The number of carbonyl (C=O) groups is 1. The van der Waals surface area contributed by atoms with Crippen molar-refractivity contribution in [1.82, 2.24) is 0 Å². The van der Waals surface area contributed by atoms with Crippen LogP contribution in [0, 0.1) is 0 Å². The summed E-state index contributed by atoms with van der Waals surface area (Å²) < 4.78 is 6.76. The van der Waals surface area contributed by atoms with E-state index in [4.69, 9.17) is 4.43 Å². The van der Waals surface area contributed by atoms with Crippen LogP contribution in [0.15, 0.2) is 121 Å². The van der Waals surface area contributed by atoms with Gasteiger partial charge in [-0.2, -0.15) is 0 Å². The first-order valence-corrected chi connectivity index (χ1v) is 19.7. The van der Waals surface area contributed by atoms with Crippen LogP contribution in [-0.4, -0.2) is 73.2 Å². The zero-order valence-electron chi connectivity index (χ0n) is 27.7. The largest absolute Gasteiger partial charge is 0.405 e. The van der Waals surface area contributed by atoms with Crippen molar-refractivity contribution in [3.05, 3.63) is 121 Å². The molecule has 244 valence electrons. The summed E-state index contributed by atoms with van der Waals surface area (Å²) in [5.41, 5.74) is 0. The molecule has 0 amide bonds. The van der Waals surface area contributed by atoms with Crippen LogP contribution in [0.25, 0.3) is 0 Å². The SMILES string of the molecule is CC(C)(C)[Si](OC[C@@H](O)[C@@H](O)[C@H](O)[C@@H](O)C(=O)[Si](c1ccccc1)(c1ccccc1)C(C)(C)C)(c1ccccc1)c1ccccc1. The van der Waals surface area contributed by atoms with Crippen molar-refractivity contribution in [3.8, 4) is 0 Å². The highest BCUT2D eigenvalue weighted by Gasteiger charge is 2.57. The lowest BCUT2D eigenvalue weighted by Gasteiger charge is -2.44. The zero-order chi connectivity index (χ0) is 33.8. The number of hydrogen-bond donors (Lipinski definition) is 4. The molecular formula is C38H48O6Si2. The molecule has 6 nitrogen and oxygen atoms in total. The van der Waals surface area contributed by atoms with Crippen molar-refractivity contribution < 1.29 is 29.6 Å². The summed E-state index contributed by atoms with van der Waals surface area (Å²) in [5.74, 6) is 0. The molecule has 0 aliphatic carbocycles. The van der Waals surface area contributed by atoms with Gasteiger partial charge in [0.2, 0.25) is 8.07 Å². The molecule has 0 heterocycles. The van der Waals surface area contributed by atoms with Crippen LogP contribution >= 0.6 is 0 Å². The number of hydrogen-bond acceptors (Lipinski definition) is 6. The Kier molecular flexibility index (Phi) is 11.1. The average molecular weight is 657 g/mol. The standard InChI is InChI=1S/C38H48O6Si2/c1-37(2,3)45(28-19-11-7-12-20-28,29-21-13-8-14-22-29)36(43)35(42)34(41)33(40)32(39)27-44-46(38(4,5)6,30-23-15-9-16-24-30)31-25-17-10-18-26-31/h7-26,32-35,39-42H,27H2,1-6H3/t32-,33-,34+,35-/m1/s1. The quantitative estimate of drug-likeness (QED) is 0.175. The molecule has 4 N–H and O–H groups in total. The first-order valence-electron chi connectivity index (χ1n) is 15.8. The molecule has 4 rings (SSSR count). The number of aliphatic hydroxyl groups excluding tert-OH is 4. The van der Waals surface area contributed by atoms with Crippen LogP contribution in [0.4, 0.5) is 0 Å². The van der Waals surface area contributed by atoms with Crippen LogP contribution in [0.1, 0.15) is 41.5 Å². The van der Waals surface area contributed by atoms with Crippen LogP contribution < -0.4 is 20.7 Å². The summed E-state index contributed by atoms with van der Waals surface area (Å²) in [5, 5.41) is 47.6. The summed E-state index contributed by atoms with van der Waals surface area (Å²) in [6, 6.07) is 38.6. The highest BCUT2D eigenvalue weighted by Crippen LogP contribution is 2.39. The molecule has 0 saturated carbocycles. The molecule has 0 aliphatic heterocycles. The van der Waals surface area contributed by atoms with E-state index in [0.29, 0.717) is 0 Å². The van der Waals surface area contributed by atoms with E-state index in [9.17, 15) is 25.2 Å². The Labute approximate surface area is 275 Å². The van der Waals surface area contributed by atoms with Crippen molar-refractivity contribution in [3.63, 3.8) is 0 Å². The maximum atomic E-state index is 14.6. The zero-order valence-corrected chi connectivity index (χ0v) is 29.7. The topological polar surface area (TPSA) is 107 Å². The Morgan fingerprint density at radius 3 is 1.24 bits per heavy atom. The predicted molar refractivity (Wildman–Crippen MR) is 190 cm³/mol. The minimum Gasteiger partial charge on any atom is -0.405 e. The molecule has 0 saturated heterocycles. The summed E-state index contributed by atoms with van der Waals surface area (Å²) in [6.45, 7) is 11.9. The van der Waals surface area contributed by atoms with E-state index < -0.39 is 51.3 Å². The molecular weight excluding hydrogens is 609 g/mol. The molecule has 0 fully saturated rings. The van der Waals surface area contributed by atoms with Gasteiger partial charge in [-0.25, -0.2) is 0 Å². The molecule has 46 heavy (non-hydrogen) atoms. The minimum absolute atomic E-state index is 0.314. The maximum absolute atomic E-state index is 14.6. The smallest absolute Gasteiger partial charge is 0.261 e. The van der Waals surface area contributed by atoms with E-state index in [-0.39, 0.29) is 11.6 Å². The molecule has 4 atom stereocenters. The monoisotopic (exact) mass is 656 g/mol. The van der Waals surface area contributed by atoms with Crippen LogP contribution in [0.5, 0.6) is 0 Å². The van der Waals surface area contributed by atoms with Gasteiger partial charge in [0, 0.05) is 0 Å².